The Morgan fingerprint density at radius 2 is 1.92 bits per heavy atom. The molecule has 0 saturated heterocycles. The molecule has 2 N–H and O–H groups in total. The summed E-state index contributed by atoms with van der Waals surface area (Å²) >= 11 is 0. The lowest BCUT2D eigenvalue weighted by molar-refractivity contribution is -0.124. The maximum atomic E-state index is 12.6. The van der Waals surface area contributed by atoms with Crippen LogP contribution in [0.15, 0.2) is 48.5 Å². The molecule has 5 nitrogen and oxygen atoms in total. The van der Waals surface area contributed by atoms with E-state index in [9.17, 15) is 9.59 Å². The second kappa shape index (κ2) is 6.68. The van der Waals surface area contributed by atoms with Crippen molar-refractivity contribution in [2.75, 3.05) is 0 Å². The lowest BCUT2D eigenvalue weighted by Gasteiger charge is -2.15. The molecule has 0 saturated carbocycles. The minimum atomic E-state index is -0.577. The van der Waals surface area contributed by atoms with Crippen LogP contribution in [0.3, 0.4) is 0 Å². The number of aryl methyl sites for hydroxylation is 1. The number of nitrogens with one attached hydrogen (secondary N) is 1. The molecule has 5 heteroatoms. The Morgan fingerprint density at radius 3 is 2.67 bits per heavy atom. The molecule has 1 aliphatic rings. The molecular formula is C19H18N2O3. The monoisotopic (exact) mass is 322 g/mol. The third-order valence-corrected chi connectivity index (χ3v) is 4.04. The van der Waals surface area contributed by atoms with Crippen LogP contribution in [0, 0.1) is 6.92 Å². The second-order valence-electron chi connectivity index (χ2n) is 5.87. The fourth-order valence-corrected chi connectivity index (χ4v) is 2.83. The van der Waals surface area contributed by atoms with Gasteiger partial charge in [-0.2, -0.15) is 0 Å². The molecule has 1 heterocycles. The largest absolute Gasteiger partial charge is 0.330 e. The minimum absolute atomic E-state index is 0.0200. The Morgan fingerprint density at radius 1 is 1.12 bits per heavy atom. The van der Waals surface area contributed by atoms with Gasteiger partial charge >= 0.3 is 0 Å². The number of amides is 2. The maximum absolute atomic E-state index is 12.6. The van der Waals surface area contributed by atoms with E-state index in [2.05, 4.69) is 0 Å². The van der Waals surface area contributed by atoms with Gasteiger partial charge in [-0.1, -0.05) is 29.8 Å². The van der Waals surface area contributed by atoms with Gasteiger partial charge < -0.3 is 4.90 Å². The molecule has 0 spiro atoms. The lowest BCUT2D eigenvalue weighted by Crippen LogP contribution is -2.25. The second-order valence-corrected chi connectivity index (χ2v) is 5.87. The number of hydroxylamine groups is 1. The van der Waals surface area contributed by atoms with E-state index >= 15 is 0 Å². The highest BCUT2D eigenvalue weighted by molar-refractivity contribution is 5.94. The molecule has 122 valence electrons. The van der Waals surface area contributed by atoms with Crippen LogP contribution >= 0.6 is 0 Å². The van der Waals surface area contributed by atoms with Crippen molar-refractivity contribution in [2.45, 2.75) is 20.0 Å². The minimum Gasteiger partial charge on any atom is -0.330 e. The summed E-state index contributed by atoms with van der Waals surface area (Å²) in [6.07, 6.45) is 2.88. The van der Waals surface area contributed by atoms with E-state index in [0.717, 1.165) is 22.3 Å². The molecule has 2 aromatic rings. The highest BCUT2D eigenvalue weighted by Crippen LogP contribution is 2.26. The Balaban J connectivity index is 1.76. The maximum Gasteiger partial charge on any atom is 0.267 e. The van der Waals surface area contributed by atoms with E-state index in [1.165, 1.54) is 6.08 Å². The summed E-state index contributed by atoms with van der Waals surface area (Å²) in [7, 11) is 0. The molecule has 2 aromatic carbocycles. The van der Waals surface area contributed by atoms with E-state index in [0.29, 0.717) is 18.7 Å². The summed E-state index contributed by atoms with van der Waals surface area (Å²) in [5.74, 6) is -0.557. The van der Waals surface area contributed by atoms with Crippen LogP contribution in [0.4, 0.5) is 0 Å². The molecule has 0 bridgehead atoms. The zero-order chi connectivity index (χ0) is 17.1. The van der Waals surface area contributed by atoms with Gasteiger partial charge in [0.15, 0.2) is 0 Å². The first-order valence-electron chi connectivity index (χ1n) is 7.67. The van der Waals surface area contributed by atoms with E-state index in [1.54, 1.807) is 11.6 Å². The van der Waals surface area contributed by atoms with Gasteiger partial charge in [0.1, 0.15) is 0 Å². The smallest absolute Gasteiger partial charge is 0.267 e. The zero-order valence-electron chi connectivity index (χ0n) is 13.3. The summed E-state index contributed by atoms with van der Waals surface area (Å²) in [6, 6.07) is 13.4. The first kappa shape index (κ1) is 16.0. The van der Waals surface area contributed by atoms with Crippen LogP contribution in [0.25, 0.3) is 6.08 Å². The fraction of sp³-hybridized carbons (Fsp3) is 0.158. The lowest BCUT2D eigenvalue weighted by atomic mass is 10.1. The van der Waals surface area contributed by atoms with Gasteiger partial charge in [-0.25, -0.2) is 5.48 Å². The van der Waals surface area contributed by atoms with Crippen molar-refractivity contribution in [3.05, 3.63) is 76.4 Å². The summed E-state index contributed by atoms with van der Waals surface area (Å²) in [5, 5.41) is 8.50. The standard InChI is InChI=1S/C19H18N2O3/c1-13-3-2-4-15(9-13)19(23)21-11-16-7-5-14(10-17(16)12-21)6-8-18(22)20-24/h2-10,24H,11-12H2,1H3,(H,20,22)/b8-6+. The number of nitrogens with zero attached hydrogens (tertiary/aromatic N) is 1. The Hall–Kier alpha value is -2.92. The first-order valence-corrected chi connectivity index (χ1v) is 7.67. The number of hydrogen-bond donors (Lipinski definition) is 2. The molecule has 0 aromatic heterocycles. The number of carbonyl (C=O) groups is 2. The van der Waals surface area contributed by atoms with Crippen LogP contribution in [0.5, 0.6) is 0 Å². The number of fused-ring (bicyclic) bond motifs is 1. The van der Waals surface area contributed by atoms with Crippen molar-refractivity contribution in [1.29, 1.82) is 0 Å². The summed E-state index contributed by atoms with van der Waals surface area (Å²) in [6.45, 7) is 3.11. The van der Waals surface area contributed by atoms with Gasteiger partial charge in [-0.3, -0.25) is 14.8 Å². The molecule has 24 heavy (non-hydrogen) atoms. The SMILES string of the molecule is Cc1cccc(C(=O)N2Cc3ccc(/C=C/C(=O)NO)cc3C2)c1. The van der Waals surface area contributed by atoms with Crippen molar-refractivity contribution >= 4 is 17.9 Å². The quantitative estimate of drug-likeness (QED) is 0.518. The van der Waals surface area contributed by atoms with Crippen LogP contribution in [-0.2, 0) is 17.9 Å². The molecule has 0 aliphatic carbocycles. The van der Waals surface area contributed by atoms with E-state index in [1.807, 2.05) is 54.3 Å². The molecular weight excluding hydrogens is 304 g/mol. The molecule has 0 fully saturated rings. The summed E-state index contributed by atoms with van der Waals surface area (Å²) in [5.41, 5.74) is 6.34. The van der Waals surface area contributed by atoms with Gasteiger partial charge in [-0.05, 0) is 47.9 Å². The van der Waals surface area contributed by atoms with Gasteiger partial charge in [0.2, 0.25) is 0 Å². The van der Waals surface area contributed by atoms with Crippen molar-refractivity contribution in [2.24, 2.45) is 0 Å². The van der Waals surface area contributed by atoms with Crippen LogP contribution < -0.4 is 5.48 Å². The molecule has 1 aliphatic heterocycles. The highest BCUT2D eigenvalue weighted by atomic mass is 16.5. The average molecular weight is 322 g/mol. The van der Waals surface area contributed by atoms with Crippen molar-refractivity contribution in [1.82, 2.24) is 10.4 Å². The van der Waals surface area contributed by atoms with Crippen molar-refractivity contribution < 1.29 is 14.8 Å². The van der Waals surface area contributed by atoms with Gasteiger partial charge in [0.25, 0.3) is 11.8 Å². The van der Waals surface area contributed by atoms with Crippen LogP contribution in [0.1, 0.15) is 32.6 Å². The summed E-state index contributed by atoms with van der Waals surface area (Å²) < 4.78 is 0. The van der Waals surface area contributed by atoms with Gasteiger partial charge in [0, 0.05) is 24.7 Å². The predicted molar refractivity (Wildman–Crippen MR) is 90.2 cm³/mol. The molecule has 0 unspecified atom stereocenters. The van der Waals surface area contributed by atoms with Gasteiger partial charge in [-0.15, -0.1) is 0 Å². The van der Waals surface area contributed by atoms with E-state index < -0.39 is 5.91 Å². The Kier molecular flexibility index (Phi) is 4.44. The van der Waals surface area contributed by atoms with Crippen molar-refractivity contribution in [3.63, 3.8) is 0 Å². The van der Waals surface area contributed by atoms with E-state index in [4.69, 9.17) is 5.21 Å². The average Bonchev–Trinajstić information content (AvgIpc) is 3.02. The third-order valence-electron chi connectivity index (χ3n) is 4.04. The Bertz CT molecular complexity index is 827. The predicted octanol–water partition coefficient (Wildman–Crippen LogP) is 2.67. The topological polar surface area (TPSA) is 69.6 Å². The number of carbonyl (C=O) groups excluding carboxylic acids is 2. The van der Waals surface area contributed by atoms with Crippen LogP contribution in [0.2, 0.25) is 0 Å². The van der Waals surface area contributed by atoms with E-state index in [-0.39, 0.29) is 5.91 Å². The van der Waals surface area contributed by atoms with Crippen LogP contribution in [-0.4, -0.2) is 21.9 Å². The normalized spacial score (nSPS) is 13.2. The number of rotatable bonds is 3. The van der Waals surface area contributed by atoms with Gasteiger partial charge in [0.05, 0.1) is 0 Å². The number of benzene rings is 2. The Labute approximate surface area is 140 Å². The summed E-state index contributed by atoms with van der Waals surface area (Å²) in [4.78, 5) is 25.5. The third kappa shape index (κ3) is 3.36. The molecule has 3 rings (SSSR count). The zero-order valence-corrected chi connectivity index (χ0v) is 13.3. The van der Waals surface area contributed by atoms with Crippen molar-refractivity contribution in [3.8, 4) is 0 Å². The molecule has 0 radical (unpaired) electrons. The first-order chi connectivity index (χ1) is 11.6. The number of hydrogen-bond acceptors (Lipinski definition) is 3. The highest BCUT2D eigenvalue weighted by Gasteiger charge is 2.24. The fourth-order valence-electron chi connectivity index (χ4n) is 2.83. The molecule has 2 amide bonds. The molecule has 0 atom stereocenters.